The Morgan fingerprint density at radius 1 is 0.964 bits per heavy atom. The molecule has 4 aromatic rings. The van der Waals surface area contributed by atoms with E-state index in [9.17, 15) is 19.8 Å². The normalized spacial score (nSPS) is 11.0. The summed E-state index contributed by atoms with van der Waals surface area (Å²) in [5.74, 6) is -0.547. The molecule has 7 heteroatoms. The van der Waals surface area contributed by atoms with Gasteiger partial charge in [0, 0.05) is 29.2 Å². The molecule has 0 aliphatic rings. The molecule has 0 amide bonds. The summed E-state index contributed by atoms with van der Waals surface area (Å²) in [4.78, 5) is 25.5. The van der Waals surface area contributed by atoms with Crippen LogP contribution in [0.1, 0.15) is 5.56 Å². The van der Waals surface area contributed by atoms with Gasteiger partial charge in [-0.15, -0.1) is 0 Å². The van der Waals surface area contributed by atoms with Crippen molar-refractivity contribution in [3.63, 3.8) is 0 Å². The molecule has 2 aromatic heterocycles. The molecular weight excluding hydrogens is 380 g/mol. The lowest BCUT2D eigenvalue weighted by Crippen LogP contribution is -2.24. The number of fused-ring (bicyclic) bond motifs is 1. The SMILES string of the molecule is O=c1c(-c2ccc(O)cc2)cn2ccn(Cc3cccc(Cl)c3)c(=O)c2c1O. The van der Waals surface area contributed by atoms with Crippen LogP contribution in [-0.4, -0.2) is 19.2 Å². The van der Waals surface area contributed by atoms with Crippen LogP contribution in [0.5, 0.6) is 11.5 Å². The first-order chi connectivity index (χ1) is 13.4. The number of nitrogens with zero attached hydrogens (tertiary/aromatic N) is 2. The molecule has 2 aromatic carbocycles. The van der Waals surface area contributed by atoms with Gasteiger partial charge in [0.1, 0.15) is 5.75 Å². The maximum absolute atomic E-state index is 12.9. The molecule has 0 aliphatic carbocycles. The van der Waals surface area contributed by atoms with Crippen LogP contribution in [0.2, 0.25) is 5.02 Å². The van der Waals surface area contributed by atoms with E-state index >= 15 is 0 Å². The summed E-state index contributed by atoms with van der Waals surface area (Å²) < 4.78 is 2.83. The van der Waals surface area contributed by atoms with Crippen molar-refractivity contribution in [3.05, 3.63) is 98.3 Å². The number of aromatic hydroxyl groups is 2. The first-order valence-electron chi connectivity index (χ1n) is 8.45. The summed E-state index contributed by atoms with van der Waals surface area (Å²) in [6.07, 6.45) is 4.68. The fourth-order valence-corrected chi connectivity index (χ4v) is 3.32. The molecule has 6 nitrogen and oxygen atoms in total. The van der Waals surface area contributed by atoms with Crippen molar-refractivity contribution in [2.45, 2.75) is 6.54 Å². The van der Waals surface area contributed by atoms with Crippen LogP contribution in [0.25, 0.3) is 16.6 Å². The Hall–Kier alpha value is -3.51. The van der Waals surface area contributed by atoms with Crippen LogP contribution in [0.4, 0.5) is 0 Å². The second-order valence-corrected chi connectivity index (χ2v) is 6.82. The van der Waals surface area contributed by atoms with Gasteiger partial charge in [-0.25, -0.2) is 0 Å². The van der Waals surface area contributed by atoms with Gasteiger partial charge < -0.3 is 19.2 Å². The van der Waals surface area contributed by atoms with E-state index in [2.05, 4.69) is 0 Å². The third-order valence-corrected chi connectivity index (χ3v) is 4.74. The van der Waals surface area contributed by atoms with Gasteiger partial charge in [0.2, 0.25) is 5.43 Å². The predicted molar refractivity (Wildman–Crippen MR) is 107 cm³/mol. The number of aromatic nitrogens is 2. The van der Waals surface area contributed by atoms with E-state index in [1.165, 1.54) is 27.3 Å². The number of halogens is 1. The number of rotatable bonds is 3. The van der Waals surface area contributed by atoms with Crippen molar-refractivity contribution in [1.29, 1.82) is 0 Å². The first-order valence-corrected chi connectivity index (χ1v) is 8.83. The van der Waals surface area contributed by atoms with E-state index < -0.39 is 16.7 Å². The minimum atomic E-state index is -0.650. The number of hydrogen-bond donors (Lipinski definition) is 2. The Morgan fingerprint density at radius 2 is 1.71 bits per heavy atom. The van der Waals surface area contributed by atoms with Crippen molar-refractivity contribution in [1.82, 2.24) is 8.97 Å². The van der Waals surface area contributed by atoms with Crippen LogP contribution in [-0.2, 0) is 6.54 Å². The number of phenolic OH excluding ortho intramolecular Hbond substituents is 1. The molecule has 0 bridgehead atoms. The Bertz CT molecular complexity index is 1310. The largest absolute Gasteiger partial charge is 0.508 e. The number of benzene rings is 2. The summed E-state index contributed by atoms with van der Waals surface area (Å²) in [5.41, 5.74) is 0.328. The molecule has 2 N–H and O–H groups in total. The Morgan fingerprint density at radius 3 is 2.43 bits per heavy atom. The first kappa shape index (κ1) is 17.9. The van der Waals surface area contributed by atoms with Gasteiger partial charge in [0.25, 0.3) is 5.56 Å². The molecule has 4 rings (SSSR count). The van der Waals surface area contributed by atoms with E-state index in [4.69, 9.17) is 11.6 Å². The standard InChI is InChI=1S/C21H15ClN2O4/c22-15-3-1-2-13(10-15)11-24-9-8-23-12-17(14-4-6-16(25)7-5-14)19(26)20(27)18(23)21(24)28/h1-10,12,25,27H,11H2. The fraction of sp³-hybridized carbons (Fsp3) is 0.0476. The summed E-state index contributed by atoms with van der Waals surface area (Å²) in [7, 11) is 0. The average Bonchev–Trinajstić information content (AvgIpc) is 2.67. The zero-order valence-corrected chi connectivity index (χ0v) is 15.3. The van der Waals surface area contributed by atoms with E-state index in [1.807, 2.05) is 6.07 Å². The van der Waals surface area contributed by atoms with Crippen LogP contribution >= 0.6 is 11.6 Å². The lowest BCUT2D eigenvalue weighted by molar-refractivity contribution is 0.472. The minimum Gasteiger partial charge on any atom is -0.508 e. The van der Waals surface area contributed by atoms with Crippen molar-refractivity contribution in [2.75, 3.05) is 0 Å². The molecule has 0 radical (unpaired) electrons. The summed E-state index contributed by atoms with van der Waals surface area (Å²) in [5, 5.41) is 20.4. The molecule has 0 unspecified atom stereocenters. The molecule has 0 aliphatic heterocycles. The molecule has 0 fully saturated rings. The number of hydrogen-bond acceptors (Lipinski definition) is 4. The van der Waals surface area contributed by atoms with Gasteiger partial charge in [-0.2, -0.15) is 0 Å². The molecule has 140 valence electrons. The van der Waals surface area contributed by atoms with E-state index in [0.29, 0.717) is 10.6 Å². The molecular formula is C21H15ClN2O4. The summed E-state index contributed by atoms with van der Waals surface area (Å²) >= 11 is 5.99. The highest BCUT2D eigenvalue weighted by Gasteiger charge is 2.16. The summed E-state index contributed by atoms with van der Waals surface area (Å²) in [6.45, 7) is 0.253. The Labute approximate surface area is 164 Å². The van der Waals surface area contributed by atoms with E-state index in [-0.39, 0.29) is 23.4 Å². The second kappa shape index (κ2) is 6.90. The zero-order valence-electron chi connectivity index (χ0n) is 14.5. The second-order valence-electron chi connectivity index (χ2n) is 6.38. The molecule has 28 heavy (non-hydrogen) atoms. The lowest BCUT2D eigenvalue weighted by Gasteiger charge is -2.11. The van der Waals surface area contributed by atoms with Crippen molar-refractivity contribution in [2.24, 2.45) is 0 Å². The van der Waals surface area contributed by atoms with Gasteiger partial charge in [0.15, 0.2) is 11.3 Å². The molecule has 2 heterocycles. The lowest BCUT2D eigenvalue weighted by atomic mass is 10.1. The van der Waals surface area contributed by atoms with Crippen LogP contribution in [0.15, 0.2) is 76.7 Å². The topological polar surface area (TPSA) is 83.9 Å². The molecule has 0 spiro atoms. The van der Waals surface area contributed by atoms with E-state index in [0.717, 1.165) is 5.56 Å². The van der Waals surface area contributed by atoms with Crippen LogP contribution in [0.3, 0.4) is 0 Å². The smallest absolute Gasteiger partial charge is 0.279 e. The highest BCUT2D eigenvalue weighted by atomic mass is 35.5. The van der Waals surface area contributed by atoms with Gasteiger partial charge in [-0.3, -0.25) is 9.59 Å². The van der Waals surface area contributed by atoms with Crippen molar-refractivity contribution < 1.29 is 10.2 Å². The Kier molecular flexibility index (Phi) is 4.41. The van der Waals surface area contributed by atoms with Crippen molar-refractivity contribution >= 4 is 17.1 Å². The minimum absolute atomic E-state index is 0.0674. The van der Waals surface area contributed by atoms with Gasteiger partial charge in [-0.05, 0) is 35.4 Å². The molecule has 0 atom stereocenters. The maximum atomic E-state index is 12.9. The van der Waals surface area contributed by atoms with E-state index in [1.54, 1.807) is 42.7 Å². The van der Waals surface area contributed by atoms with Crippen molar-refractivity contribution in [3.8, 4) is 22.6 Å². The number of pyridine rings is 1. The highest BCUT2D eigenvalue weighted by molar-refractivity contribution is 6.30. The van der Waals surface area contributed by atoms with Crippen LogP contribution in [0, 0.1) is 0 Å². The summed E-state index contributed by atoms with van der Waals surface area (Å²) in [6, 6.07) is 13.1. The number of phenols is 1. The Balaban J connectivity index is 1.86. The van der Waals surface area contributed by atoms with Gasteiger partial charge in [0.05, 0.1) is 6.54 Å². The quantitative estimate of drug-likeness (QED) is 0.558. The molecule has 0 saturated heterocycles. The third kappa shape index (κ3) is 3.14. The fourth-order valence-electron chi connectivity index (χ4n) is 3.11. The van der Waals surface area contributed by atoms with Gasteiger partial charge in [-0.1, -0.05) is 35.9 Å². The third-order valence-electron chi connectivity index (χ3n) is 4.50. The highest BCUT2D eigenvalue weighted by Crippen LogP contribution is 2.22. The molecule has 0 saturated carbocycles. The monoisotopic (exact) mass is 394 g/mol. The van der Waals surface area contributed by atoms with Gasteiger partial charge >= 0.3 is 0 Å². The zero-order chi connectivity index (χ0) is 19.8. The average molecular weight is 395 g/mol. The predicted octanol–water partition coefficient (Wildman–Crippen LogP) is 3.24. The maximum Gasteiger partial charge on any atom is 0.279 e. The van der Waals surface area contributed by atoms with Crippen LogP contribution < -0.4 is 11.0 Å².